The Kier molecular flexibility index (Phi) is 4.68. The van der Waals surface area contributed by atoms with Gasteiger partial charge in [0.2, 0.25) is 0 Å². The van der Waals surface area contributed by atoms with E-state index in [4.69, 9.17) is 0 Å². The number of piperidine rings is 1. The van der Waals surface area contributed by atoms with Gasteiger partial charge in [0.1, 0.15) is 5.82 Å². The van der Waals surface area contributed by atoms with Crippen molar-refractivity contribution in [2.24, 2.45) is 0 Å². The molecule has 1 aromatic rings. The predicted molar refractivity (Wildman–Crippen MR) is 74.2 cm³/mol. The van der Waals surface area contributed by atoms with Gasteiger partial charge in [-0.25, -0.2) is 0 Å². The molecule has 0 unspecified atom stereocenters. The van der Waals surface area contributed by atoms with Crippen LogP contribution in [0.5, 0.6) is 0 Å². The molecule has 1 aliphatic rings. The molecule has 104 valence electrons. The first-order valence-electron chi connectivity index (χ1n) is 6.76. The standard InChI is InChI=1S/C13H21N5O/c1-3-14-13(19)11-4-5-12(17-16-11)15-10-6-8-18(2)9-7-10/h4-5,10H,3,6-9H2,1-2H3,(H,14,19)(H,15,17). The van der Waals surface area contributed by atoms with Crippen LogP contribution in [0.3, 0.4) is 0 Å². The maximum atomic E-state index is 11.5. The van der Waals surface area contributed by atoms with Gasteiger partial charge in [0, 0.05) is 12.6 Å². The highest BCUT2D eigenvalue weighted by Crippen LogP contribution is 2.13. The number of nitrogens with one attached hydrogen (secondary N) is 2. The molecule has 0 aliphatic carbocycles. The highest BCUT2D eigenvalue weighted by atomic mass is 16.1. The molecule has 0 atom stereocenters. The number of nitrogens with zero attached hydrogens (tertiary/aromatic N) is 3. The first kappa shape index (κ1) is 13.7. The fourth-order valence-corrected chi connectivity index (χ4v) is 2.14. The number of aromatic nitrogens is 2. The molecular weight excluding hydrogens is 242 g/mol. The summed E-state index contributed by atoms with van der Waals surface area (Å²) in [7, 11) is 2.14. The van der Waals surface area contributed by atoms with E-state index in [-0.39, 0.29) is 5.91 Å². The van der Waals surface area contributed by atoms with Gasteiger partial charge in [-0.3, -0.25) is 4.79 Å². The molecule has 0 bridgehead atoms. The monoisotopic (exact) mass is 263 g/mol. The Labute approximate surface area is 113 Å². The summed E-state index contributed by atoms with van der Waals surface area (Å²) in [5, 5.41) is 14.1. The molecule has 2 N–H and O–H groups in total. The van der Waals surface area contributed by atoms with Gasteiger partial charge in [0.05, 0.1) is 0 Å². The molecule has 1 saturated heterocycles. The van der Waals surface area contributed by atoms with E-state index >= 15 is 0 Å². The Morgan fingerprint density at radius 1 is 1.37 bits per heavy atom. The van der Waals surface area contributed by atoms with Gasteiger partial charge >= 0.3 is 0 Å². The van der Waals surface area contributed by atoms with Crippen molar-refractivity contribution in [2.45, 2.75) is 25.8 Å². The Morgan fingerprint density at radius 3 is 2.68 bits per heavy atom. The van der Waals surface area contributed by atoms with E-state index in [9.17, 15) is 4.79 Å². The zero-order valence-corrected chi connectivity index (χ0v) is 11.5. The van der Waals surface area contributed by atoms with Crippen LogP contribution in [-0.2, 0) is 0 Å². The molecule has 1 amide bonds. The number of rotatable bonds is 4. The zero-order chi connectivity index (χ0) is 13.7. The minimum atomic E-state index is -0.180. The third-order valence-corrected chi connectivity index (χ3v) is 3.31. The van der Waals surface area contributed by atoms with Crippen LogP contribution in [0.2, 0.25) is 0 Å². The average molecular weight is 263 g/mol. The number of anilines is 1. The van der Waals surface area contributed by atoms with E-state index in [1.165, 1.54) is 0 Å². The predicted octanol–water partition coefficient (Wildman–Crippen LogP) is 0.732. The Bertz CT molecular complexity index is 412. The lowest BCUT2D eigenvalue weighted by atomic mass is 10.1. The van der Waals surface area contributed by atoms with Gasteiger partial charge in [0.25, 0.3) is 5.91 Å². The quantitative estimate of drug-likeness (QED) is 0.838. The van der Waals surface area contributed by atoms with Gasteiger partial charge in [-0.2, -0.15) is 0 Å². The molecule has 6 heteroatoms. The van der Waals surface area contributed by atoms with Crippen molar-refractivity contribution in [3.63, 3.8) is 0 Å². The topological polar surface area (TPSA) is 70.2 Å². The molecule has 2 rings (SSSR count). The largest absolute Gasteiger partial charge is 0.366 e. The van der Waals surface area contributed by atoms with Gasteiger partial charge in [-0.1, -0.05) is 0 Å². The van der Waals surface area contributed by atoms with E-state index in [0.717, 1.165) is 31.7 Å². The lowest BCUT2D eigenvalue weighted by Crippen LogP contribution is -2.37. The molecule has 0 aromatic carbocycles. The highest BCUT2D eigenvalue weighted by molar-refractivity contribution is 5.92. The summed E-state index contributed by atoms with van der Waals surface area (Å²) in [4.78, 5) is 13.9. The van der Waals surface area contributed by atoms with E-state index < -0.39 is 0 Å². The van der Waals surface area contributed by atoms with E-state index in [2.05, 4.69) is 32.8 Å². The summed E-state index contributed by atoms with van der Waals surface area (Å²) in [6.45, 7) is 4.67. The second-order valence-corrected chi connectivity index (χ2v) is 4.89. The van der Waals surface area contributed by atoms with Crippen LogP contribution in [0.25, 0.3) is 0 Å². The number of amides is 1. The van der Waals surface area contributed by atoms with Crippen molar-refractivity contribution < 1.29 is 4.79 Å². The normalized spacial score (nSPS) is 17.2. The zero-order valence-electron chi connectivity index (χ0n) is 11.5. The molecule has 2 heterocycles. The van der Waals surface area contributed by atoms with E-state index in [0.29, 0.717) is 18.3 Å². The smallest absolute Gasteiger partial charge is 0.271 e. The molecular formula is C13H21N5O. The van der Waals surface area contributed by atoms with Crippen LogP contribution in [0.1, 0.15) is 30.3 Å². The van der Waals surface area contributed by atoms with Gasteiger partial charge < -0.3 is 15.5 Å². The van der Waals surface area contributed by atoms with Crippen LogP contribution in [0.15, 0.2) is 12.1 Å². The van der Waals surface area contributed by atoms with Gasteiger partial charge in [-0.15, -0.1) is 10.2 Å². The Morgan fingerprint density at radius 2 is 2.11 bits per heavy atom. The first-order chi connectivity index (χ1) is 9.19. The fourth-order valence-electron chi connectivity index (χ4n) is 2.14. The molecule has 0 saturated carbocycles. The van der Waals surface area contributed by atoms with E-state index in [1.54, 1.807) is 6.07 Å². The Balaban J connectivity index is 1.90. The number of carbonyl (C=O) groups excluding carboxylic acids is 1. The second kappa shape index (κ2) is 6.47. The SMILES string of the molecule is CCNC(=O)c1ccc(NC2CCN(C)CC2)nn1. The number of likely N-dealkylation sites (tertiary alicyclic amines) is 1. The van der Waals surface area contributed by atoms with Crippen molar-refractivity contribution in [1.82, 2.24) is 20.4 Å². The molecule has 0 spiro atoms. The van der Waals surface area contributed by atoms with Crippen molar-refractivity contribution in [2.75, 3.05) is 32.0 Å². The number of hydrogen-bond donors (Lipinski definition) is 2. The minimum absolute atomic E-state index is 0.180. The molecule has 6 nitrogen and oxygen atoms in total. The second-order valence-electron chi connectivity index (χ2n) is 4.89. The van der Waals surface area contributed by atoms with Crippen LogP contribution >= 0.6 is 0 Å². The van der Waals surface area contributed by atoms with Crippen LogP contribution in [0.4, 0.5) is 5.82 Å². The average Bonchev–Trinajstić information content (AvgIpc) is 2.42. The summed E-state index contributed by atoms with van der Waals surface area (Å²) < 4.78 is 0. The van der Waals surface area contributed by atoms with E-state index in [1.807, 2.05) is 13.0 Å². The van der Waals surface area contributed by atoms with Crippen LogP contribution in [0, 0.1) is 0 Å². The lowest BCUT2D eigenvalue weighted by molar-refractivity contribution is 0.0950. The highest BCUT2D eigenvalue weighted by Gasteiger charge is 2.17. The van der Waals surface area contributed by atoms with Gasteiger partial charge in [0.15, 0.2) is 5.69 Å². The number of hydrogen-bond acceptors (Lipinski definition) is 5. The third-order valence-electron chi connectivity index (χ3n) is 3.31. The molecule has 19 heavy (non-hydrogen) atoms. The van der Waals surface area contributed by atoms with Crippen molar-refractivity contribution >= 4 is 11.7 Å². The van der Waals surface area contributed by atoms with Crippen LogP contribution in [-0.4, -0.2) is 53.7 Å². The first-order valence-corrected chi connectivity index (χ1v) is 6.76. The van der Waals surface area contributed by atoms with Crippen molar-refractivity contribution in [3.8, 4) is 0 Å². The maximum Gasteiger partial charge on any atom is 0.271 e. The lowest BCUT2D eigenvalue weighted by Gasteiger charge is -2.29. The summed E-state index contributed by atoms with van der Waals surface area (Å²) in [6.07, 6.45) is 2.21. The van der Waals surface area contributed by atoms with Crippen LogP contribution < -0.4 is 10.6 Å². The number of carbonyl (C=O) groups is 1. The fraction of sp³-hybridized carbons (Fsp3) is 0.615. The summed E-state index contributed by atoms with van der Waals surface area (Å²) in [5.74, 6) is 0.559. The molecule has 1 aromatic heterocycles. The molecule has 0 radical (unpaired) electrons. The van der Waals surface area contributed by atoms with Gasteiger partial charge in [-0.05, 0) is 52.0 Å². The summed E-state index contributed by atoms with van der Waals surface area (Å²) >= 11 is 0. The maximum absolute atomic E-state index is 11.5. The van der Waals surface area contributed by atoms with Crippen molar-refractivity contribution in [1.29, 1.82) is 0 Å². The summed E-state index contributed by atoms with van der Waals surface area (Å²) in [5.41, 5.74) is 0.357. The molecule has 1 fully saturated rings. The molecule has 1 aliphatic heterocycles. The Hall–Kier alpha value is -1.69. The summed E-state index contributed by atoms with van der Waals surface area (Å²) in [6, 6.07) is 3.96. The minimum Gasteiger partial charge on any atom is -0.366 e. The van der Waals surface area contributed by atoms with Crippen molar-refractivity contribution in [3.05, 3.63) is 17.8 Å². The third kappa shape index (κ3) is 3.89.